The molecule has 0 fully saturated rings. The minimum Gasteiger partial charge on any atom is -0.456 e. The summed E-state index contributed by atoms with van der Waals surface area (Å²) in [6, 6.07) is 77.1. The zero-order valence-electron chi connectivity index (χ0n) is 32.5. The van der Waals surface area contributed by atoms with Gasteiger partial charge in [0.1, 0.15) is 11.2 Å². The van der Waals surface area contributed by atoms with Crippen LogP contribution in [-0.4, -0.2) is 0 Å². The molecule has 0 saturated heterocycles. The zero-order chi connectivity index (χ0) is 39.1. The molecule has 276 valence electrons. The molecule has 12 aromatic rings. The van der Waals surface area contributed by atoms with Crippen LogP contribution in [-0.2, 0) is 5.41 Å². The van der Waals surface area contributed by atoms with Gasteiger partial charge in [0.2, 0.25) is 0 Å². The molecule has 60 heavy (non-hydrogen) atoms. The third kappa shape index (κ3) is 4.11. The van der Waals surface area contributed by atoms with Gasteiger partial charge in [-0.2, -0.15) is 0 Å². The van der Waals surface area contributed by atoms with Gasteiger partial charge >= 0.3 is 0 Å². The number of fused-ring (bicyclic) bond motifs is 18. The molecule has 0 unspecified atom stereocenters. The number of hydrogen-bond donors (Lipinski definition) is 0. The Hall–Kier alpha value is -7.74. The molecule has 0 radical (unpaired) electrons. The molecule has 0 saturated carbocycles. The lowest BCUT2D eigenvalue weighted by atomic mass is 9.70. The van der Waals surface area contributed by atoms with Crippen LogP contribution >= 0.6 is 0 Å². The Morgan fingerprint density at radius 1 is 0.267 bits per heavy atom. The molecule has 0 N–H and O–H groups in total. The van der Waals surface area contributed by atoms with Crippen molar-refractivity contribution in [3.05, 3.63) is 229 Å². The van der Waals surface area contributed by atoms with Crippen LogP contribution in [0, 0.1) is 0 Å². The third-order valence-corrected chi connectivity index (χ3v) is 13.8. The summed E-state index contributed by atoms with van der Waals surface area (Å²) in [5, 5.41) is 12.4. The molecule has 1 heterocycles. The van der Waals surface area contributed by atoms with Gasteiger partial charge in [-0.1, -0.05) is 164 Å². The predicted molar refractivity (Wildman–Crippen MR) is 251 cm³/mol. The summed E-state index contributed by atoms with van der Waals surface area (Å²) in [6.45, 7) is 0. The molecule has 1 spiro atoms. The first-order valence-corrected chi connectivity index (χ1v) is 20.9. The van der Waals surface area contributed by atoms with E-state index in [1.165, 1.54) is 104 Å². The first kappa shape index (κ1) is 32.2. The number of rotatable bonds is 2. The Kier molecular flexibility index (Phi) is 6.28. The highest BCUT2D eigenvalue weighted by atomic mass is 16.3. The first-order chi connectivity index (χ1) is 29.7. The van der Waals surface area contributed by atoms with Crippen LogP contribution in [0.4, 0.5) is 0 Å². The molecule has 0 atom stereocenters. The van der Waals surface area contributed by atoms with E-state index >= 15 is 0 Å². The molecule has 1 heteroatoms. The van der Waals surface area contributed by atoms with Crippen LogP contribution in [0.2, 0.25) is 0 Å². The van der Waals surface area contributed by atoms with E-state index in [0.717, 1.165) is 27.5 Å². The van der Waals surface area contributed by atoms with Crippen LogP contribution in [0.3, 0.4) is 0 Å². The van der Waals surface area contributed by atoms with E-state index in [1.54, 1.807) is 0 Å². The van der Waals surface area contributed by atoms with E-state index < -0.39 is 5.41 Å². The highest BCUT2D eigenvalue weighted by Crippen LogP contribution is 2.64. The van der Waals surface area contributed by atoms with Crippen molar-refractivity contribution in [1.82, 2.24) is 0 Å². The summed E-state index contributed by atoms with van der Waals surface area (Å²) >= 11 is 0. The topological polar surface area (TPSA) is 13.1 Å². The molecule has 0 amide bonds. The first-order valence-electron chi connectivity index (χ1n) is 20.9. The number of hydrogen-bond acceptors (Lipinski definition) is 1. The molecular formula is C59H34O. The third-order valence-electron chi connectivity index (χ3n) is 13.8. The lowest BCUT2D eigenvalue weighted by molar-refractivity contribution is 0.669. The number of furan rings is 1. The van der Waals surface area contributed by atoms with E-state index in [0.29, 0.717) is 0 Å². The normalized spacial score (nSPS) is 13.5. The van der Waals surface area contributed by atoms with Crippen molar-refractivity contribution in [2.24, 2.45) is 0 Å². The molecule has 2 aliphatic carbocycles. The Bertz CT molecular complexity index is 3800. The fourth-order valence-corrected chi connectivity index (χ4v) is 11.3. The average molecular weight is 759 g/mol. The van der Waals surface area contributed by atoms with Gasteiger partial charge in [0.25, 0.3) is 0 Å². The van der Waals surface area contributed by atoms with Gasteiger partial charge < -0.3 is 4.42 Å². The summed E-state index contributed by atoms with van der Waals surface area (Å²) in [5.74, 6) is 0. The van der Waals surface area contributed by atoms with E-state index in [2.05, 4.69) is 200 Å². The second-order valence-electron chi connectivity index (χ2n) is 16.7. The minimum atomic E-state index is -0.509. The average Bonchev–Trinajstić information content (AvgIpc) is 3.93. The second kappa shape index (κ2) is 11.7. The van der Waals surface area contributed by atoms with Gasteiger partial charge in [-0.15, -0.1) is 0 Å². The van der Waals surface area contributed by atoms with Gasteiger partial charge in [0.15, 0.2) is 0 Å². The molecule has 1 aromatic heterocycles. The van der Waals surface area contributed by atoms with Crippen molar-refractivity contribution < 1.29 is 4.42 Å². The summed E-state index contributed by atoms with van der Waals surface area (Å²) in [7, 11) is 0. The Morgan fingerprint density at radius 2 is 0.867 bits per heavy atom. The van der Waals surface area contributed by atoms with Crippen LogP contribution in [0.25, 0.3) is 110 Å². The Balaban J connectivity index is 1.07. The molecule has 2 aliphatic rings. The smallest absolute Gasteiger partial charge is 0.136 e. The van der Waals surface area contributed by atoms with Crippen molar-refractivity contribution in [3.8, 4) is 44.5 Å². The Morgan fingerprint density at radius 3 is 1.72 bits per heavy atom. The standard InChI is InChI=1S/C59H34O/c1-3-15-40-35(12-1)24-29-48-50(40)30-36-13-2-4-16-42(36)58(48)39-26-27-45-51-31-37-14-11-20-41(38-25-28-47-46-19-7-10-23-56(46)60-57(47)33-38)49(37)34-55(51)59(54(45)32-39)52-21-8-5-17-43(52)44-18-6-9-22-53(44)59/h1-34H. The van der Waals surface area contributed by atoms with Gasteiger partial charge in [-0.25, -0.2) is 0 Å². The van der Waals surface area contributed by atoms with Crippen LogP contribution < -0.4 is 0 Å². The van der Waals surface area contributed by atoms with Gasteiger partial charge in [0.05, 0.1) is 5.41 Å². The fourth-order valence-electron chi connectivity index (χ4n) is 11.3. The fraction of sp³-hybridized carbons (Fsp3) is 0.0169. The van der Waals surface area contributed by atoms with E-state index in [1.807, 2.05) is 6.07 Å². The van der Waals surface area contributed by atoms with Crippen molar-refractivity contribution in [2.45, 2.75) is 5.41 Å². The van der Waals surface area contributed by atoms with Crippen molar-refractivity contribution in [2.75, 3.05) is 0 Å². The number of benzene rings is 11. The molecule has 14 rings (SSSR count). The largest absolute Gasteiger partial charge is 0.456 e. The molecular weight excluding hydrogens is 725 g/mol. The maximum Gasteiger partial charge on any atom is 0.136 e. The zero-order valence-corrected chi connectivity index (χ0v) is 32.5. The highest BCUT2D eigenvalue weighted by molar-refractivity contribution is 6.20. The van der Waals surface area contributed by atoms with Crippen molar-refractivity contribution in [3.63, 3.8) is 0 Å². The highest BCUT2D eigenvalue weighted by Gasteiger charge is 2.52. The van der Waals surface area contributed by atoms with Crippen LogP contribution in [0.1, 0.15) is 22.3 Å². The van der Waals surface area contributed by atoms with E-state index in [9.17, 15) is 0 Å². The lowest BCUT2D eigenvalue weighted by Gasteiger charge is -2.31. The Labute approximate surface area is 346 Å². The summed E-state index contributed by atoms with van der Waals surface area (Å²) in [4.78, 5) is 0. The van der Waals surface area contributed by atoms with Crippen molar-refractivity contribution >= 4 is 65.0 Å². The van der Waals surface area contributed by atoms with Crippen LogP contribution in [0.15, 0.2) is 211 Å². The van der Waals surface area contributed by atoms with Gasteiger partial charge in [-0.3, -0.25) is 0 Å². The van der Waals surface area contributed by atoms with E-state index in [-0.39, 0.29) is 0 Å². The maximum atomic E-state index is 6.42. The van der Waals surface area contributed by atoms with Crippen molar-refractivity contribution in [1.29, 1.82) is 0 Å². The SMILES string of the molecule is c1ccc2c(c1)-c1ccccc1C21c2cc(-c3c4ccccc4cc4c3ccc3ccccc34)ccc2-c2cc3cccc(-c4ccc5c(c4)oc4ccccc45)c3cc21. The summed E-state index contributed by atoms with van der Waals surface area (Å²) < 4.78 is 6.42. The lowest BCUT2D eigenvalue weighted by Crippen LogP contribution is -2.26. The molecule has 0 bridgehead atoms. The maximum absolute atomic E-state index is 6.42. The van der Waals surface area contributed by atoms with Gasteiger partial charge in [-0.05, 0) is 152 Å². The monoisotopic (exact) mass is 758 g/mol. The summed E-state index contributed by atoms with van der Waals surface area (Å²) in [6.07, 6.45) is 0. The number of para-hydroxylation sites is 1. The molecule has 0 aliphatic heterocycles. The van der Waals surface area contributed by atoms with Gasteiger partial charge in [0, 0.05) is 10.8 Å². The molecule has 11 aromatic carbocycles. The van der Waals surface area contributed by atoms with Crippen LogP contribution in [0.5, 0.6) is 0 Å². The molecule has 1 nitrogen and oxygen atoms in total. The minimum absolute atomic E-state index is 0.509. The predicted octanol–water partition coefficient (Wildman–Crippen LogP) is 15.9. The quantitative estimate of drug-likeness (QED) is 0.126. The second-order valence-corrected chi connectivity index (χ2v) is 16.7. The van der Waals surface area contributed by atoms with E-state index in [4.69, 9.17) is 4.42 Å². The summed E-state index contributed by atoms with van der Waals surface area (Å²) in [5.41, 5.74) is 16.8.